The number of nitrogens with zero attached hydrogens (tertiary/aromatic N) is 2. The van der Waals surface area contributed by atoms with E-state index in [0.29, 0.717) is 11.3 Å². The Hall–Kier alpha value is -2.56. The molecule has 1 amide bonds. The number of anilines is 3. The Bertz CT molecular complexity index is 608. The van der Waals surface area contributed by atoms with Crippen LogP contribution in [0.25, 0.3) is 0 Å². The molecule has 1 aromatic heterocycles. The van der Waals surface area contributed by atoms with Gasteiger partial charge in [-0.3, -0.25) is 4.79 Å². The Morgan fingerprint density at radius 1 is 1.19 bits per heavy atom. The molecule has 0 atom stereocenters. The van der Waals surface area contributed by atoms with Gasteiger partial charge in [-0.2, -0.15) is 0 Å². The molecule has 0 radical (unpaired) electrons. The summed E-state index contributed by atoms with van der Waals surface area (Å²) in [5.74, 6) is 0.701. The largest absolute Gasteiger partial charge is 0.385 e. The summed E-state index contributed by atoms with van der Waals surface area (Å²) in [5.41, 5.74) is 2.13. The highest BCUT2D eigenvalue weighted by Crippen LogP contribution is 2.18. The van der Waals surface area contributed by atoms with E-state index in [2.05, 4.69) is 15.6 Å². The van der Waals surface area contributed by atoms with Gasteiger partial charge in [-0.25, -0.2) is 4.98 Å². The molecule has 5 heteroatoms. The fourth-order valence-electron chi connectivity index (χ4n) is 1.95. The second-order valence-electron chi connectivity index (χ2n) is 4.83. The smallest absolute Gasteiger partial charge is 0.257 e. The molecule has 21 heavy (non-hydrogen) atoms. The first-order valence-corrected chi connectivity index (χ1v) is 6.89. The third kappa shape index (κ3) is 3.72. The first-order chi connectivity index (χ1) is 10.1. The maximum Gasteiger partial charge on any atom is 0.257 e. The monoisotopic (exact) mass is 284 g/mol. The molecular weight excluding hydrogens is 264 g/mol. The first-order valence-electron chi connectivity index (χ1n) is 6.89. The number of carbonyl (C=O) groups is 1. The van der Waals surface area contributed by atoms with Crippen LogP contribution in [0, 0.1) is 0 Å². The fraction of sp³-hybridized carbons (Fsp3) is 0.250. The molecule has 2 N–H and O–H groups in total. The molecule has 1 heterocycles. The van der Waals surface area contributed by atoms with Gasteiger partial charge in [0.2, 0.25) is 0 Å². The van der Waals surface area contributed by atoms with Gasteiger partial charge < -0.3 is 15.5 Å². The molecule has 0 aliphatic carbocycles. The topological polar surface area (TPSA) is 57.3 Å². The SMILES string of the molecule is CCNc1ccccc1C(=O)Nc1ccc(N(C)C)nc1. The highest BCUT2D eigenvalue weighted by atomic mass is 16.1. The molecular formula is C16H20N4O. The molecule has 1 aromatic carbocycles. The van der Waals surface area contributed by atoms with Crippen LogP contribution in [0.1, 0.15) is 17.3 Å². The Morgan fingerprint density at radius 2 is 1.95 bits per heavy atom. The van der Waals surface area contributed by atoms with E-state index in [-0.39, 0.29) is 5.91 Å². The number of carbonyl (C=O) groups excluding carboxylic acids is 1. The van der Waals surface area contributed by atoms with Gasteiger partial charge in [0.25, 0.3) is 5.91 Å². The average molecular weight is 284 g/mol. The summed E-state index contributed by atoms with van der Waals surface area (Å²) in [6.45, 7) is 2.77. The second kappa shape index (κ2) is 6.74. The Labute approximate surface area is 125 Å². The zero-order valence-corrected chi connectivity index (χ0v) is 12.6. The molecule has 0 bridgehead atoms. The maximum atomic E-state index is 12.3. The number of nitrogens with one attached hydrogen (secondary N) is 2. The molecule has 110 valence electrons. The van der Waals surface area contributed by atoms with Crippen molar-refractivity contribution in [3.63, 3.8) is 0 Å². The van der Waals surface area contributed by atoms with Crippen LogP contribution in [0.4, 0.5) is 17.2 Å². The van der Waals surface area contributed by atoms with Crippen LogP contribution in [-0.2, 0) is 0 Å². The Kier molecular flexibility index (Phi) is 4.77. The predicted octanol–water partition coefficient (Wildman–Crippen LogP) is 2.83. The lowest BCUT2D eigenvalue weighted by Gasteiger charge is -2.13. The number of benzene rings is 1. The van der Waals surface area contributed by atoms with Crippen molar-refractivity contribution in [1.82, 2.24) is 4.98 Å². The molecule has 0 fully saturated rings. The lowest BCUT2D eigenvalue weighted by atomic mass is 10.1. The van der Waals surface area contributed by atoms with Crippen molar-refractivity contribution in [2.45, 2.75) is 6.92 Å². The van der Waals surface area contributed by atoms with Crippen molar-refractivity contribution in [3.8, 4) is 0 Å². The zero-order valence-electron chi connectivity index (χ0n) is 12.6. The van der Waals surface area contributed by atoms with Crippen LogP contribution in [-0.4, -0.2) is 31.5 Å². The second-order valence-corrected chi connectivity index (χ2v) is 4.83. The molecule has 0 spiro atoms. The summed E-state index contributed by atoms with van der Waals surface area (Å²) in [6.07, 6.45) is 1.66. The zero-order chi connectivity index (χ0) is 15.2. The molecule has 0 unspecified atom stereocenters. The highest BCUT2D eigenvalue weighted by molar-refractivity contribution is 6.08. The van der Waals surface area contributed by atoms with Crippen molar-refractivity contribution in [2.75, 3.05) is 36.2 Å². The fourth-order valence-corrected chi connectivity index (χ4v) is 1.95. The van der Waals surface area contributed by atoms with E-state index in [1.54, 1.807) is 12.3 Å². The van der Waals surface area contributed by atoms with Crippen molar-refractivity contribution in [2.24, 2.45) is 0 Å². The van der Waals surface area contributed by atoms with Crippen LogP contribution < -0.4 is 15.5 Å². The summed E-state index contributed by atoms with van der Waals surface area (Å²) in [7, 11) is 3.85. The van der Waals surface area contributed by atoms with Crippen molar-refractivity contribution < 1.29 is 4.79 Å². The Morgan fingerprint density at radius 3 is 2.57 bits per heavy atom. The Balaban J connectivity index is 2.14. The minimum absolute atomic E-state index is 0.147. The van der Waals surface area contributed by atoms with Crippen molar-refractivity contribution in [3.05, 3.63) is 48.2 Å². The number of amides is 1. The van der Waals surface area contributed by atoms with E-state index in [4.69, 9.17) is 0 Å². The van der Waals surface area contributed by atoms with Crippen molar-refractivity contribution >= 4 is 23.1 Å². The summed E-state index contributed by atoms with van der Waals surface area (Å²) >= 11 is 0. The number of aromatic nitrogens is 1. The van der Waals surface area contributed by atoms with Gasteiger partial charge in [0.1, 0.15) is 5.82 Å². The van der Waals surface area contributed by atoms with E-state index in [1.807, 2.05) is 56.3 Å². The summed E-state index contributed by atoms with van der Waals surface area (Å²) in [4.78, 5) is 18.5. The molecule has 2 aromatic rings. The number of hydrogen-bond acceptors (Lipinski definition) is 4. The van der Waals surface area contributed by atoms with Gasteiger partial charge in [0.05, 0.1) is 17.4 Å². The number of pyridine rings is 1. The molecule has 0 aliphatic rings. The standard InChI is InChI=1S/C16H20N4O/c1-4-17-14-8-6-5-7-13(14)16(21)19-12-9-10-15(18-11-12)20(2)3/h5-11,17H,4H2,1-3H3,(H,19,21). The summed E-state index contributed by atoms with van der Waals surface area (Å²) in [5, 5.41) is 6.05. The molecule has 0 saturated carbocycles. The lowest BCUT2D eigenvalue weighted by molar-refractivity contribution is 0.102. The normalized spacial score (nSPS) is 10.0. The number of para-hydroxylation sites is 1. The van der Waals surface area contributed by atoms with Crippen LogP contribution >= 0.6 is 0 Å². The average Bonchev–Trinajstić information content (AvgIpc) is 2.48. The molecule has 0 saturated heterocycles. The quantitative estimate of drug-likeness (QED) is 0.886. The van der Waals surface area contributed by atoms with Gasteiger partial charge in [0, 0.05) is 26.3 Å². The minimum Gasteiger partial charge on any atom is -0.385 e. The third-order valence-corrected chi connectivity index (χ3v) is 3.00. The van der Waals surface area contributed by atoms with E-state index < -0.39 is 0 Å². The minimum atomic E-state index is -0.147. The van der Waals surface area contributed by atoms with Gasteiger partial charge in [-0.05, 0) is 31.2 Å². The lowest BCUT2D eigenvalue weighted by Crippen LogP contribution is -2.15. The van der Waals surface area contributed by atoms with E-state index in [9.17, 15) is 4.79 Å². The number of rotatable bonds is 5. The van der Waals surface area contributed by atoms with E-state index in [0.717, 1.165) is 18.1 Å². The molecule has 2 rings (SSSR count). The first kappa shape index (κ1) is 14.8. The van der Waals surface area contributed by atoms with Crippen LogP contribution in [0.2, 0.25) is 0 Å². The van der Waals surface area contributed by atoms with Crippen molar-refractivity contribution in [1.29, 1.82) is 0 Å². The third-order valence-electron chi connectivity index (χ3n) is 3.00. The van der Waals surface area contributed by atoms with Crippen LogP contribution in [0.5, 0.6) is 0 Å². The van der Waals surface area contributed by atoms with Crippen LogP contribution in [0.3, 0.4) is 0 Å². The van der Waals surface area contributed by atoms with Gasteiger partial charge in [-0.15, -0.1) is 0 Å². The van der Waals surface area contributed by atoms with Crippen LogP contribution in [0.15, 0.2) is 42.6 Å². The molecule has 5 nitrogen and oxygen atoms in total. The van der Waals surface area contributed by atoms with E-state index in [1.165, 1.54) is 0 Å². The van der Waals surface area contributed by atoms with Gasteiger partial charge in [-0.1, -0.05) is 12.1 Å². The maximum absolute atomic E-state index is 12.3. The number of hydrogen-bond donors (Lipinski definition) is 2. The summed E-state index contributed by atoms with van der Waals surface area (Å²) < 4.78 is 0. The van der Waals surface area contributed by atoms with E-state index >= 15 is 0 Å². The predicted molar refractivity (Wildman–Crippen MR) is 87.1 cm³/mol. The molecule has 0 aliphatic heterocycles. The van der Waals surface area contributed by atoms with Gasteiger partial charge >= 0.3 is 0 Å². The summed E-state index contributed by atoms with van der Waals surface area (Å²) in [6, 6.07) is 11.2. The van der Waals surface area contributed by atoms with Gasteiger partial charge in [0.15, 0.2) is 0 Å². The highest BCUT2D eigenvalue weighted by Gasteiger charge is 2.10.